The van der Waals surface area contributed by atoms with Crippen LogP contribution in [-0.4, -0.2) is 96.1 Å². The van der Waals surface area contributed by atoms with Crippen LogP contribution in [0.1, 0.15) is 80.0 Å². The Bertz CT molecular complexity index is 1370. The summed E-state index contributed by atoms with van der Waals surface area (Å²) in [6, 6.07) is 8.16. The third-order valence-electron chi connectivity index (χ3n) is 9.35. The first-order valence-electron chi connectivity index (χ1n) is 16.5. The number of aromatic nitrogens is 2. The van der Waals surface area contributed by atoms with Gasteiger partial charge in [0.1, 0.15) is 17.2 Å². The van der Waals surface area contributed by atoms with Crippen LogP contribution >= 0.6 is 23.2 Å². The van der Waals surface area contributed by atoms with E-state index in [1.165, 1.54) is 19.3 Å². The molecule has 4 fully saturated rings. The number of nitrogens with one attached hydrogen (secondary N) is 5. The van der Waals surface area contributed by atoms with E-state index in [-0.39, 0.29) is 28.7 Å². The van der Waals surface area contributed by atoms with E-state index in [9.17, 15) is 14.4 Å². The van der Waals surface area contributed by atoms with Gasteiger partial charge in [0.15, 0.2) is 0 Å². The minimum absolute atomic E-state index is 0.0984. The summed E-state index contributed by atoms with van der Waals surface area (Å²) in [6.45, 7) is 9.53. The first kappa shape index (κ1) is 37.5. The molecule has 2 aromatic heterocycles. The van der Waals surface area contributed by atoms with Gasteiger partial charge < -0.3 is 36.2 Å². The van der Waals surface area contributed by atoms with Gasteiger partial charge in [-0.05, 0) is 101 Å². The van der Waals surface area contributed by atoms with Gasteiger partial charge in [-0.15, -0.1) is 23.2 Å². The molecule has 0 aromatic carbocycles. The van der Waals surface area contributed by atoms with Crippen molar-refractivity contribution in [2.45, 2.75) is 77.0 Å². The molecule has 2 saturated carbocycles. The van der Waals surface area contributed by atoms with Crippen LogP contribution in [0.15, 0.2) is 36.7 Å². The highest BCUT2D eigenvalue weighted by Crippen LogP contribution is 2.49. The second-order valence-electron chi connectivity index (χ2n) is 14.2. The van der Waals surface area contributed by atoms with Crippen molar-refractivity contribution >= 4 is 52.7 Å². The van der Waals surface area contributed by atoms with E-state index in [0.717, 1.165) is 57.1 Å². The number of alkyl halides is 2. The molecule has 0 radical (unpaired) electrons. The molecule has 14 heteroatoms. The van der Waals surface area contributed by atoms with Gasteiger partial charge in [-0.2, -0.15) is 0 Å². The number of anilines is 2. The zero-order valence-corrected chi connectivity index (χ0v) is 30.1. The Morgan fingerprint density at radius 3 is 1.77 bits per heavy atom. The monoisotopic (exact) mass is 704 g/mol. The number of ether oxygens (including phenoxy) is 1. The molecule has 12 nitrogen and oxygen atoms in total. The van der Waals surface area contributed by atoms with Gasteiger partial charge in [0.25, 0.3) is 11.8 Å². The highest BCUT2D eigenvalue weighted by molar-refractivity contribution is 6.40. The lowest BCUT2D eigenvalue weighted by atomic mass is 9.65. The molecule has 4 heterocycles. The standard InChI is InChI=1S/C19H28N4O3.C14H20N4O.CH2Cl2/c1-18(2,3)26-17(25)23-8-7-19(12-23)9-14(10-19)22-15-6-5-13(11-21-15)16(24)20-4;1-15-13(19)10-2-3-12(17-8-10)18-11-6-14(7-11)4-5-16-9-14;2-1-3/h5-6,11,14H,7-10,12H2,1-4H3,(H,20,24)(H,21,22);2-3,8,11,16H,4-7,9H2,1H3,(H,15,19)(H,17,18);1H2. The van der Waals surface area contributed by atoms with E-state index < -0.39 is 5.60 Å². The third kappa shape index (κ3) is 10.1. The number of halogens is 2. The van der Waals surface area contributed by atoms with E-state index in [2.05, 4.69) is 36.6 Å². The molecule has 2 saturated heterocycles. The number of amides is 3. The van der Waals surface area contributed by atoms with Crippen molar-refractivity contribution in [3.05, 3.63) is 47.8 Å². The largest absolute Gasteiger partial charge is 0.444 e. The lowest BCUT2D eigenvalue weighted by Gasteiger charge is -2.45. The van der Waals surface area contributed by atoms with Crippen LogP contribution in [0.25, 0.3) is 0 Å². The molecule has 6 rings (SSSR count). The molecule has 3 amide bonds. The number of rotatable bonds is 6. The topological polar surface area (TPSA) is 150 Å². The van der Waals surface area contributed by atoms with E-state index in [1.54, 1.807) is 38.6 Å². The molecule has 48 heavy (non-hydrogen) atoms. The zero-order valence-electron chi connectivity index (χ0n) is 28.6. The summed E-state index contributed by atoms with van der Waals surface area (Å²) in [5.41, 5.74) is 1.43. The van der Waals surface area contributed by atoms with Crippen molar-refractivity contribution in [2.24, 2.45) is 10.8 Å². The van der Waals surface area contributed by atoms with Crippen molar-refractivity contribution in [3.63, 3.8) is 0 Å². The average molecular weight is 706 g/mol. The molecule has 2 aliphatic heterocycles. The van der Waals surface area contributed by atoms with Crippen LogP contribution in [0.3, 0.4) is 0 Å². The van der Waals surface area contributed by atoms with Gasteiger partial charge >= 0.3 is 6.09 Å². The molecule has 2 aromatic rings. The normalized spacial score (nSPS) is 25.4. The number of pyridine rings is 2. The summed E-state index contributed by atoms with van der Waals surface area (Å²) >= 11 is 9.53. The second kappa shape index (κ2) is 16.4. The fraction of sp³-hybridized carbons (Fsp3) is 0.618. The predicted molar refractivity (Wildman–Crippen MR) is 190 cm³/mol. The zero-order chi connectivity index (χ0) is 35.0. The number of hydrogen-bond donors (Lipinski definition) is 5. The smallest absolute Gasteiger partial charge is 0.410 e. The lowest BCUT2D eigenvalue weighted by Crippen LogP contribution is -2.47. The van der Waals surface area contributed by atoms with Crippen molar-refractivity contribution in [2.75, 3.05) is 56.2 Å². The van der Waals surface area contributed by atoms with Gasteiger partial charge in [0, 0.05) is 58.2 Å². The van der Waals surface area contributed by atoms with E-state index in [1.807, 2.05) is 37.8 Å². The maximum atomic E-state index is 12.2. The SMILES string of the molecule is CNC(=O)c1ccc(NC2CC3(CCN(C(=O)OC(C)(C)C)C3)C2)nc1.CNC(=O)c1ccc(NC2CC3(CCNC3)C2)nc1.ClCCl. The molecule has 4 aliphatic rings. The van der Waals surface area contributed by atoms with Crippen LogP contribution < -0.4 is 26.6 Å². The first-order valence-corrected chi connectivity index (χ1v) is 17.6. The fourth-order valence-corrected chi connectivity index (χ4v) is 7.00. The summed E-state index contributed by atoms with van der Waals surface area (Å²) in [4.78, 5) is 45.6. The number of nitrogens with zero attached hydrogens (tertiary/aromatic N) is 3. The van der Waals surface area contributed by atoms with Crippen molar-refractivity contribution in [1.82, 2.24) is 30.8 Å². The van der Waals surface area contributed by atoms with Crippen molar-refractivity contribution in [3.8, 4) is 0 Å². The van der Waals surface area contributed by atoms with Crippen LogP contribution in [0, 0.1) is 10.8 Å². The lowest BCUT2D eigenvalue weighted by molar-refractivity contribution is 0.0237. The minimum atomic E-state index is -0.455. The number of carbonyl (C=O) groups is 3. The number of likely N-dealkylation sites (tertiary alicyclic amines) is 1. The first-order chi connectivity index (χ1) is 22.8. The Labute approximate surface area is 293 Å². The number of hydrogen-bond acceptors (Lipinski definition) is 9. The van der Waals surface area contributed by atoms with E-state index >= 15 is 0 Å². The van der Waals surface area contributed by atoms with Crippen LogP contribution in [0.5, 0.6) is 0 Å². The molecule has 5 N–H and O–H groups in total. The minimum Gasteiger partial charge on any atom is -0.444 e. The van der Waals surface area contributed by atoms with Crippen molar-refractivity contribution < 1.29 is 19.1 Å². The molecular weight excluding hydrogens is 655 g/mol. The van der Waals surface area contributed by atoms with Gasteiger partial charge in [0.2, 0.25) is 0 Å². The average Bonchev–Trinajstić information content (AvgIpc) is 3.70. The second-order valence-corrected chi connectivity index (χ2v) is 15.0. The van der Waals surface area contributed by atoms with Crippen LogP contribution in [0.2, 0.25) is 0 Å². The quantitative estimate of drug-likeness (QED) is 0.260. The summed E-state index contributed by atoms with van der Waals surface area (Å²) in [5.74, 6) is 1.40. The summed E-state index contributed by atoms with van der Waals surface area (Å²) in [6.07, 6.45) is 9.79. The predicted octanol–water partition coefficient (Wildman–Crippen LogP) is 5.06. The molecule has 2 aliphatic carbocycles. The molecule has 0 atom stereocenters. The maximum Gasteiger partial charge on any atom is 0.410 e. The van der Waals surface area contributed by atoms with Crippen LogP contribution in [-0.2, 0) is 4.74 Å². The Morgan fingerprint density at radius 1 is 0.875 bits per heavy atom. The Morgan fingerprint density at radius 2 is 1.38 bits per heavy atom. The summed E-state index contributed by atoms with van der Waals surface area (Å²) in [5, 5.41) is 15.7. The molecule has 0 unspecified atom stereocenters. The Balaban J connectivity index is 0.000000208. The summed E-state index contributed by atoms with van der Waals surface area (Å²) in [7, 11) is 3.22. The molecule has 0 bridgehead atoms. The maximum absolute atomic E-state index is 12.2. The highest BCUT2D eigenvalue weighted by atomic mass is 35.5. The summed E-state index contributed by atoms with van der Waals surface area (Å²) < 4.78 is 5.47. The molecule has 264 valence electrons. The molecular formula is C34H50Cl2N8O4. The van der Waals surface area contributed by atoms with E-state index in [4.69, 9.17) is 27.9 Å². The van der Waals surface area contributed by atoms with Gasteiger partial charge in [-0.25, -0.2) is 14.8 Å². The van der Waals surface area contributed by atoms with Gasteiger partial charge in [-0.1, -0.05) is 0 Å². The number of carbonyl (C=O) groups excluding carboxylic acids is 3. The Hall–Kier alpha value is -3.35. The molecule has 2 spiro atoms. The van der Waals surface area contributed by atoms with Crippen LogP contribution in [0.4, 0.5) is 16.4 Å². The van der Waals surface area contributed by atoms with Gasteiger partial charge in [0.05, 0.1) is 16.5 Å². The fourth-order valence-electron chi connectivity index (χ4n) is 7.00. The van der Waals surface area contributed by atoms with Crippen molar-refractivity contribution in [1.29, 1.82) is 0 Å². The Kier molecular flexibility index (Phi) is 12.8. The third-order valence-corrected chi connectivity index (χ3v) is 9.35. The van der Waals surface area contributed by atoms with Gasteiger partial charge in [-0.3, -0.25) is 9.59 Å². The highest BCUT2D eigenvalue weighted by Gasteiger charge is 2.50. The van der Waals surface area contributed by atoms with E-state index in [0.29, 0.717) is 28.6 Å².